The van der Waals surface area contributed by atoms with Crippen LogP contribution in [-0.4, -0.2) is 51.2 Å². The van der Waals surface area contributed by atoms with E-state index in [0.29, 0.717) is 12.8 Å². The van der Waals surface area contributed by atoms with Crippen LogP contribution in [0.1, 0.15) is 83.3 Å². The van der Waals surface area contributed by atoms with Gasteiger partial charge >= 0.3 is 0 Å². The van der Waals surface area contributed by atoms with Crippen molar-refractivity contribution >= 4 is 29.0 Å². The Morgan fingerprint density at radius 1 is 1.18 bits per heavy atom. The fraction of sp³-hybridized carbons (Fsp3) is 0.731. The second kappa shape index (κ2) is 10.9. The van der Waals surface area contributed by atoms with Gasteiger partial charge in [-0.2, -0.15) is 0 Å². The summed E-state index contributed by atoms with van der Waals surface area (Å²) in [6.45, 7) is 9.08. The first kappa shape index (κ1) is 26.2. The molecule has 1 aliphatic carbocycles. The fourth-order valence-corrected chi connectivity index (χ4v) is 5.42. The summed E-state index contributed by atoms with van der Waals surface area (Å²) >= 11 is 1.60. The monoisotopic (exact) mass is 477 g/mol. The zero-order chi connectivity index (χ0) is 24.3. The lowest BCUT2D eigenvalue weighted by molar-refractivity contribution is -0.142. The Morgan fingerprint density at radius 2 is 1.88 bits per heavy atom. The van der Waals surface area contributed by atoms with E-state index in [2.05, 4.69) is 4.98 Å². The summed E-state index contributed by atoms with van der Waals surface area (Å²) in [7, 11) is 0. The van der Waals surface area contributed by atoms with Crippen LogP contribution in [0.3, 0.4) is 0 Å². The molecule has 1 saturated heterocycles. The van der Waals surface area contributed by atoms with Crippen LogP contribution in [0, 0.1) is 24.2 Å². The van der Waals surface area contributed by atoms with Gasteiger partial charge < -0.3 is 14.9 Å². The van der Waals surface area contributed by atoms with Crippen LogP contribution in [0.25, 0.3) is 6.08 Å². The molecule has 33 heavy (non-hydrogen) atoms. The number of ether oxygens (including phenoxy) is 1. The van der Waals surface area contributed by atoms with E-state index in [1.54, 1.807) is 32.1 Å². The van der Waals surface area contributed by atoms with Crippen molar-refractivity contribution in [1.29, 1.82) is 0 Å². The summed E-state index contributed by atoms with van der Waals surface area (Å²) in [5.74, 6) is -0.830. The molecule has 3 rings (SSSR count). The normalized spacial score (nSPS) is 34.7. The Morgan fingerprint density at radius 3 is 2.55 bits per heavy atom. The Bertz CT molecular complexity index is 876. The predicted octanol–water partition coefficient (Wildman–Crippen LogP) is 4.51. The van der Waals surface area contributed by atoms with E-state index >= 15 is 0 Å². The topological polar surface area (TPSA) is 100 Å². The number of hydrogen-bond donors (Lipinski definition) is 2. The molecule has 1 aromatic heterocycles. The summed E-state index contributed by atoms with van der Waals surface area (Å²) in [4.78, 5) is 30.6. The van der Waals surface area contributed by atoms with Gasteiger partial charge in [0.05, 0.1) is 40.5 Å². The van der Waals surface area contributed by atoms with Crippen molar-refractivity contribution in [1.82, 2.24) is 4.98 Å². The number of thiazole rings is 1. The van der Waals surface area contributed by atoms with Gasteiger partial charge in [0.25, 0.3) is 0 Å². The molecule has 0 aromatic carbocycles. The number of carbonyl (C=O) groups is 2. The number of hydrogen-bond acceptors (Lipinski definition) is 7. The number of nitrogens with zero attached hydrogens (tertiary/aromatic N) is 1. The summed E-state index contributed by atoms with van der Waals surface area (Å²) in [5.41, 5.74) is 0.892. The zero-order valence-corrected chi connectivity index (χ0v) is 21.4. The van der Waals surface area contributed by atoms with Crippen molar-refractivity contribution in [3.8, 4) is 0 Å². The number of fused-ring (bicyclic) bond motifs is 1. The quantitative estimate of drug-likeness (QED) is 0.608. The number of aryl methyl sites for hydroxylation is 1. The van der Waals surface area contributed by atoms with Gasteiger partial charge in [0.1, 0.15) is 11.6 Å². The highest BCUT2D eigenvalue weighted by atomic mass is 32.1. The minimum Gasteiger partial charge on any atom is -0.392 e. The first-order valence-corrected chi connectivity index (χ1v) is 13.0. The van der Waals surface area contributed by atoms with E-state index < -0.39 is 23.5 Å². The van der Waals surface area contributed by atoms with Crippen molar-refractivity contribution in [2.75, 3.05) is 0 Å². The number of ketones is 2. The lowest BCUT2D eigenvalue weighted by Crippen LogP contribution is -2.44. The minimum absolute atomic E-state index is 0.00849. The Hall–Kier alpha value is -1.41. The Balaban J connectivity index is 1.79. The molecule has 2 fully saturated rings. The lowest BCUT2D eigenvalue weighted by atomic mass is 9.73. The third-order valence-electron chi connectivity index (χ3n) is 7.45. The minimum atomic E-state index is -1.10. The maximum absolute atomic E-state index is 13.1. The zero-order valence-electron chi connectivity index (χ0n) is 20.5. The van der Waals surface area contributed by atoms with E-state index in [9.17, 15) is 19.8 Å². The van der Waals surface area contributed by atoms with Crippen LogP contribution in [0.2, 0.25) is 0 Å². The molecule has 7 heteroatoms. The molecule has 2 N–H and O–H groups in total. The molecule has 0 spiro atoms. The van der Waals surface area contributed by atoms with Gasteiger partial charge in [-0.15, -0.1) is 11.3 Å². The number of Topliss-reactive ketones (excluding diaryl/α,β-unsaturated/α-hetero) is 2. The molecule has 184 valence electrons. The summed E-state index contributed by atoms with van der Waals surface area (Å²) in [6.07, 6.45) is 4.79. The molecular formula is C26H39NO5S. The van der Waals surface area contributed by atoms with Crippen LogP contribution in [0.15, 0.2) is 11.0 Å². The largest absolute Gasteiger partial charge is 0.392 e. The van der Waals surface area contributed by atoms with Gasteiger partial charge in [-0.3, -0.25) is 9.59 Å². The molecular weight excluding hydrogens is 438 g/mol. The molecule has 1 aromatic rings. The molecule has 0 bridgehead atoms. The van der Waals surface area contributed by atoms with E-state index in [0.717, 1.165) is 42.0 Å². The molecule has 2 aliphatic rings. The van der Waals surface area contributed by atoms with Gasteiger partial charge in [-0.25, -0.2) is 4.98 Å². The van der Waals surface area contributed by atoms with Crippen LogP contribution < -0.4 is 0 Å². The number of carbonyl (C=O) groups excluding carboxylic acids is 2. The first-order chi connectivity index (χ1) is 15.5. The van der Waals surface area contributed by atoms with Crippen molar-refractivity contribution in [2.45, 2.75) is 104 Å². The standard InChI is InChI=1S/C26H39NO5S/c1-15(10-19-14-33-17(3)27-19)18-11-20(28)13-24(30)26(4,5)25(31)16(2)21(29)8-6-7-9-22-23(12-18)32-22/h10,14,16,18,21-24,29-30H,6-9,11-13H2,1-5H3/b15-10+/t16-,18-,21+,22-,23+,24+/m1/s1. The van der Waals surface area contributed by atoms with Crippen molar-refractivity contribution < 1.29 is 24.5 Å². The lowest BCUT2D eigenvalue weighted by Gasteiger charge is -2.33. The van der Waals surface area contributed by atoms with Gasteiger partial charge in [-0.1, -0.05) is 39.2 Å². The number of allylic oxidation sites excluding steroid dienone is 1. The van der Waals surface area contributed by atoms with Crippen LogP contribution in [-0.2, 0) is 14.3 Å². The summed E-state index contributed by atoms with van der Waals surface area (Å²) in [6, 6.07) is 0. The van der Waals surface area contributed by atoms with Crippen molar-refractivity contribution in [2.24, 2.45) is 17.3 Å². The highest BCUT2D eigenvalue weighted by molar-refractivity contribution is 7.09. The average Bonchev–Trinajstić information content (AvgIpc) is 3.36. The number of epoxide rings is 1. The summed E-state index contributed by atoms with van der Waals surface area (Å²) in [5, 5.41) is 24.4. The number of aliphatic hydroxyl groups excluding tert-OH is 2. The predicted molar refractivity (Wildman–Crippen MR) is 130 cm³/mol. The Labute approximate surface area is 201 Å². The van der Waals surface area contributed by atoms with E-state index in [4.69, 9.17) is 4.74 Å². The molecule has 6 nitrogen and oxygen atoms in total. The van der Waals surface area contributed by atoms with E-state index in [-0.39, 0.29) is 36.1 Å². The third-order valence-corrected chi connectivity index (χ3v) is 8.24. The van der Waals surface area contributed by atoms with Crippen LogP contribution in [0.5, 0.6) is 0 Å². The van der Waals surface area contributed by atoms with Gasteiger partial charge in [0, 0.05) is 24.1 Å². The maximum Gasteiger partial charge on any atom is 0.146 e. The van der Waals surface area contributed by atoms with Crippen molar-refractivity contribution in [3.63, 3.8) is 0 Å². The second-order valence-corrected chi connectivity index (χ2v) is 11.6. The molecule has 0 radical (unpaired) electrons. The van der Waals surface area contributed by atoms with Crippen molar-refractivity contribution in [3.05, 3.63) is 21.7 Å². The number of aromatic nitrogens is 1. The molecule has 0 unspecified atom stereocenters. The average molecular weight is 478 g/mol. The molecule has 1 saturated carbocycles. The number of aliphatic hydroxyl groups is 2. The molecule has 1 aliphatic heterocycles. The molecule has 6 atom stereocenters. The van der Waals surface area contributed by atoms with Crippen LogP contribution in [0.4, 0.5) is 0 Å². The van der Waals surface area contributed by atoms with E-state index in [1.165, 1.54) is 0 Å². The smallest absolute Gasteiger partial charge is 0.146 e. The number of rotatable bonds is 2. The molecule has 2 heterocycles. The third kappa shape index (κ3) is 6.81. The summed E-state index contributed by atoms with van der Waals surface area (Å²) < 4.78 is 5.91. The van der Waals surface area contributed by atoms with E-state index in [1.807, 2.05) is 25.3 Å². The first-order valence-electron chi connectivity index (χ1n) is 12.2. The van der Waals surface area contributed by atoms with Gasteiger partial charge in [0.15, 0.2) is 0 Å². The SMILES string of the molecule is C/C(=C\c1csc(C)n1)[C@@H]1CC(=O)C[C@H](O)C(C)(C)C(=O)[C@H](C)[C@@H](O)CCCC[C@H]2O[C@H]2C1. The van der Waals surface area contributed by atoms with Gasteiger partial charge in [-0.05, 0) is 45.1 Å². The maximum atomic E-state index is 13.1. The highest BCUT2D eigenvalue weighted by Crippen LogP contribution is 2.38. The van der Waals surface area contributed by atoms with Gasteiger partial charge in [0.2, 0.25) is 0 Å². The Kier molecular flexibility index (Phi) is 8.65. The fourth-order valence-electron chi connectivity index (χ4n) is 4.85. The highest BCUT2D eigenvalue weighted by Gasteiger charge is 2.43. The van der Waals surface area contributed by atoms with Crippen LogP contribution >= 0.6 is 11.3 Å². The second-order valence-electron chi connectivity index (χ2n) is 10.5. The molecule has 0 amide bonds.